The van der Waals surface area contributed by atoms with Crippen molar-refractivity contribution in [2.24, 2.45) is 7.05 Å². The molecule has 2 heterocycles. The van der Waals surface area contributed by atoms with Gasteiger partial charge in [-0.3, -0.25) is 4.18 Å². The molecule has 9 heteroatoms. The Balaban J connectivity index is 0.000000438. The van der Waals surface area contributed by atoms with Gasteiger partial charge in [0.1, 0.15) is 12.6 Å². The van der Waals surface area contributed by atoms with E-state index in [1.54, 1.807) is 0 Å². The van der Waals surface area contributed by atoms with Gasteiger partial charge in [0, 0.05) is 47.9 Å². The Morgan fingerprint density at radius 2 is 1.69 bits per heavy atom. The average molecular weight is 420 g/mol. The molecule has 0 saturated heterocycles. The van der Waals surface area contributed by atoms with Crippen molar-refractivity contribution in [3.8, 4) is 11.1 Å². The van der Waals surface area contributed by atoms with Crippen LogP contribution in [-0.2, 0) is 21.6 Å². The molecule has 2 aromatic heterocycles. The number of nitrogens with zero attached hydrogens (tertiary/aromatic N) is 2. The highest BCUT2D eigenvalue weighted by Crippen LogP contribution is 2.24. The van der Waals surface area contributed by atoms with E-state index >= 15 is 0 Å². The highest BCUT2D eigenvalue weighted by atomic mass is 32.3. The van der Waals surface area contributed by atoms with Gasteiger partial charge in [0.15, 0.2) is 12.4 Å². The second-order valence-corrected chi connectivity index (χ2v) is 7.32. The van der Waals surface area contributed by atoms with Gasteiger partial charge in [0.25, 0.3) is 0 Å². The molecular formula is C20H24N2O6S. The molecule has 0 aliphatic carbocycles. The molecule has 0 bridgehead atoms. The van der Waals surface area contributed by atoms with Crippen LogP contribution in [0.15, 0.2) is 58.0 Å². The summed E-state index contributed by atoms with van der Waals surface area (Å²) < 4.78 is 38.5. The van der Waals surface area contributed by atoms with Crippen LogP contribution in [0.2, 0.25) is 0 Å². The zero-order valence-corrected chi connectivity index (χ0v) is 17.6. The fourth-order valence-electron chi connectivity index (χ4n) is 2.77. The van der Waals surface area contributed by atoms with E-state index in [2.05, 4.69) is 29.0 Å². The summed E-state index contributed by atoms with van der Waals surface area (Å²) in [6.45, 7) is 6.07. The lowest BCUT2D eigenvalue weighted by molar-refractivity contribution is -0.671. The highest BCUT2D eigenvalue weighted by molar-refractivity contribution is 7.80. The lowest BCUT2D eigenvalue weighted by Crippen LogP contribution is -2.25. The van der Waals surface area contributed by atoms with Gasteiger partial charge in [-0.1, -0.05) is 0 Å². The molecule has 0 aliphatic rings. The van der Waals surface area contributed by atoms with E-state index in [-0.39, 0.29) is 5.63 Å². The molecule has 0 atom stereocenters. The summed E-state index contributed by atoms with van der Waals surface area (Å²) in [5, 5.41) is 0.934. The predicted molar refractivity (Wildman–Crippen MR) is 109 cm³/mol. The molecule has 3 aromatic rings. The van der Waals surface area contributed by atoms with Gasteiger partial charge in [0.05, 0.1) is 12.7 Å². The van der Waals surface area contributed by atoms with Crippen molar-refractivity contribution in [2.75, 3.05) is 25.1 Å². The molecule has 3 rings (SSSR count). The van der Waals surface area contributed by atoms with E-state index in [9.17, 15) is 17.8 Å². The minimum atomic E-state index is -4.41. The van der Waals surface area contributed by atoms with Crippen LogP contribution in [0.25, 0.3) is 22.1 Å². The van der Waals surface area contributed by atoms with Gasteiger partial charge in [0.2, 0.25) is 10.4 Å². The molecular weight excluding hydrogens is 396 g/mol. The van der Waals surface area contributed by atoms with Crippen LogP contribution in [-0.4, -0.2) is 33.2 Å². The standard InChI is InChI=1S/C19H21N2O2.CH4O4S/c1-4-21(5-2)16-7-6-15-12-17(19(22)23-18(15)13-16)14-8-10-20(3)11-9-14;1-5-6(2,3)4/h6-13H,4-5H2,1-3H3;1H3,(H,2,3,4)/q+1;/p-1. The summed E-state index contributed by atoms with van der Waals surface area (Å²) in [6.07, 6.45) is 3.84. The smallest absolute Gasteiger partial charge is 0.344 e. The third kappa shape index (κ3) is 6.11. The average Bonchev–Trinajstić information content (AvgIpc) is 2.69. The van der Waals surface area contributed by atoms with E-state index in [4.69, 9.17) is 4.42 Å². The summed E-state index contributed by atoms with van der Waals surface area (Å²) in [6, 6.07) is 11.8. The number of hydrogen-bond acceptors (Lipinski definition) is 7. The van der Waals surface area contributed by atoms with E-state index in [1.807, 2.05) is 54.3 Å². The minimum absolute atomic E-state index is 0.303. The van der Waals surface area contributed by atoms with E-state index < -0.39 is 10.4 Å². The van der Waals surface area contributed by atoms with Gasteiger partial charge in [-0.25, -0.2) is 17.8 Å². The monoisotopic (exact) mass is 420 g/mol. The quantitative estimate of drug-likeness (QED) is 0.270. The summed E-state index contributed by atoms with van der Waals surface area (Å²) in [4.78, 5) is 14.6. The number of aromatic nitrogens is 1. The molecule has 0 radical (unpaired) electrons. The Morgan fingerprint density at radius 3 is 2.21 bits per heavy atom. The van der Waals surface area contributed by atoms with E-state index in [1.165, 1.54) is 0 Å². The lowest BCUT2D eigenvalue weighted by Gasteiger charge is -2.21. The number of pyridine rings is 1. The lowest BCUT2D eigenvalue weighted by atomic mass is 10.1. The largest absolute Gasteiger partial charge is 0.726 e. The highest BCUT2D eigenvalue weighted by Gasteiger charge is 2.10. The van der Waals surface area contributed by atoms with Crippen molar-refractivity contribution in [2.45, 2.75) is 13.8 Å². The number of anilines is 1. The Bertz CT molecular complexity index is 1120. The topological polar surface area (TPSA) is 104 Å². The maximum Gasteiger partial charge on any atom is 0.344 e. The normalized spacial score (nSPS) is 11.1. The molecule has 0 fully saturated rings. The Labute approximate surface area is 169 Å². The summed E-state index contributed by atoms with van der Waals surface area (Å²) >= 11 is 0. The predicted octanol–water partition coefficient (Wildman–Crippen LogP) is 2.22. The zero-order valence-electron chi connectivity index (χ0n) is 16.8. The second-order valence-electron chi connectivity index (χ2n) is 6.17. The van der Waals surface area contributed by atoms with E-state index in [0.29, 0.717) is 11.1 Å². The van der Waals surface area contributed by atoms with Crippen LogP contribution in [0.3, 0.4) is 0 Å². The molecule has 0 spiro atoms. The van der Waals surface area contributed by atoms with Gasteiger partial charge in [-0.2, -0.15) is 0 Å². The zero-order chi connectivity index (χ0) is 21.6. The van der Waals surface area contributed by atoms with Gasteiger partial charge < -0.3 is 13.9 Å². The van der Waals surface area contributed by atoms with Crippen LogP contribution in [0.5, 0.6) is 0 Å². The molecule has 0 unspecified atom stereocenters. The van der Waals surface area contributed by atoms with Crippen LogP contribution < -0.4 is 15.1 Å². The van der Waals surface area contributed by atoms with Gasteiger partial charge in [-0.15, -0.1) is 0 Å². The third-order valence-corrected chi connectivity index (χ3v) is 4.75. The maximum absolute atomic E-state index is 12.4. The number of benzene rings is 1. The number of hydrogen-bond donors (Lipinski definition) is 0. The molecule has 0 aliphatic heterocycles. The first kappa shape index (κ1) is 22.5. The summed E-state index contributed by atoms with van der Waals surface area (Å²) in [5.41, 5.74) is 2.86. The Hall–Kier alpha value is -2.75. The fourth-order valence-corrected chi connectivity index (χ4v) is 2.77. The number of fused-ring (bicyclic) bond motifs is 1. The van der Waals surface area contributed by atoms with Crippen molar-refractivity contribution in [3.63, 3.8) is 0 Å². The summed E-state index contributed by atoms with van der Waals surface area (Å²) in [5.74, 6) is 0. The Morgan fingerprint density at radius 1 is 1.10 bits per heavy atom. The van der Waals surface area contributed by atoms with Crippen LogP contribution >= 0.6 is 0 Å². The fraction of sp³-hybridized carbons (Fsp3) is 0.300. The molecule has 1 aromatic carbocycles. The Kier molecular flexibility index (Phi) is 7.49. The van der Waals surface area contributed by atoms with E-state index in [0.717, 1.165) is 36.8 Å². The third-order valence-electron chi connectivity index (χ3n) is 4.34. The van der Waals surface area contributed by atoms with Crippen LogP contribution in [0, 0.1) is 0 Å². The van der Waals surface area contributed by atoms with Crippen molar-refractivity contribution in [1.29, 1.82) is 0 Å². The first-order valence-corrected chi connectivity index (χ1v) is 10.3. The van der Waals surface area contributed by atoms with Gasteiger partial charge >= 0.3 is 5.63 Å². The molecule has 29 heavy (non-hydrogen) atoms. The molecule has 156 valence electrons. The van der Waals surface area contributed by atoms with Crippen LogP contribution in [0.1, 0.15) is 13.8 Å². The second kappa shape index (κ2) is 9.64. The molecule has 0 N–H and O–H groups in total. The number of rotatable bonds is 5. The molecule has 0 saturated carbocycles. The SMILES string of the molecule is CCN(CC)c1ccc2cc(-c3cc[n+](C)cc3)c(=O)oc2c1.COS(=O)(=O)[O-]. The van der Waals surface area contributed by atoms with Crippen molar-refractivity contribution in [1.82, 2.24) is 0 Å². The minimum Gasteiger partial charge on any atom is -0.726 e. The summed E-state index contributed by atoms with van der Waals surface area (Å²) in [7, 11) is -1.66. The van der Waals surface area contributed by atoms with Gasteiger partial charge in [-0.05, 0) is 32.0 Å². The van der Waals surface area contributed by atoms with Crippen molar-refractivity contribution in [3.05, 3.63) is 59.2 Å². The van der Waals surface area contributed by atoms with Crippen molar-refractivity contribution < 1.29 is 26.1 Å². The molecule has 8 nitrogen and oxygen atoms in total. The number of aryl methyl sites for hydroxylation is 1. The van der Waals surface area contributed by atoms with Crippen LogP contribution in [0.4, 0.5) is 5.69 Å². The molecule has 0 amide bonds. The van der Waals surface area contributed by atoms with Crippen molar-refractivity contribution >= 4 is 27.1 Å². The first-order valence-electron chi connectivity index (χ1n) is 8.98. The maximum atomic E-state index is 12.4. The first-order chi connectivity index (χ1) is 13.7.